The number of phenols is 1. The molecule has 0 amide bonds. The SMILES string of the molecule is Nc1ccc(O)cc1C(O)C1CCCCCC1. The summed E-state index contributed by atoms with van der Waals surface area (Å²) in [5.74, 6) is 0.448. The molecule has 0 radical (unpaired) electrons. The Morgan fingerprint density at radius 3 is 2.41 bits per heavy atom. The molecule has 1 saturated carbocycles. The molecule has 1 aromatic rings. The molecular weight excluding hydrogens is 214 g/mol. The van der Waals surface area contributed by atoms with Crippen molar-refractivity contribution in [3.8, 4) is 5.75 Å². The summed E-state index contributed by atoms with van der Waals surface area (Å²) in [6.07, 6.45) is 6.45. The van der Waals surface area contributed by atoms with Crippen LogP contribution < -0.4 is 5.73 Å². The largest absolute Gasteiger partial charge is 0.508 e. The predicted octanol–water partition coefficient (Wildman–Crippen LogP) is 2.98. The van der Waals surface area contributed by atoms with Crippen molar-refractivity contribution in [2.75, 3.05) is 5.73 Å². The fourth-order valence-electron chi connectivity index (χ4n) is 2.70. The van der Waals surface area contributed by atoms with Crippen LogP contribution >= 0.6 is 0 Å². The number of rotatable bonds is 2. The topological polar surface area (TPSA) is 66.5 Å². The van der Waals surface area contributed by atoms with E-state index >= 15 is 0 Å². The maximum atomic E-state index is 10.4. The lowest BCUT2D eigenvalue weighted by molar-refractivity contribution is 0.0992. The Bertz CT molecular complexity index is 370. The van der Waals surface area contributed by atoms with Crippen molar-refractivity contribution in [2.24, 2.45) is 5.92 Å². The average Bonchev–Trinajstić information content (AvgIpc) is 2.60. The first kappa shape index (κ1) is 12.2. The second-order valence-corrected chi connectivity index (χ2v) is 5.01. The summed E-state index contributed by atoms with van der Waals surface area (Å²) in [6, 6.07) is 4.80. The minimum atomic E-state index is -0.541. The number of hydrogen-bond donors (Lipinski definition) is 3. The summed E-state index contributed by atoms with van der Waals surface area (Å²) in [4.78, 5) is 0. The summed E-state index contributed by atoms with van der Waals surface area (Å²) in [7, 11) is 0. The van der Waals surface area contributed by atoms with Crippen molar-refractivity contribution in [3.63, 3.8) is 0 Å². The molecule has 94 valence electrons. The van der Waals surface area contributed by atoms with E-state index in [4.69, 9.17) is 5.73 Å². The van der Waals surface area contributed by atoms with E-state index in [1.165, 1.54) is 25.7 Å². The van der Waals surface area contributed by atoms with Gasteiger partial charge in [0.2, 0.25) is 0 Å². The molecule has 17 heavy (non-hydrogen) atoms. The lowest BCUT2D eigenvalue weighted by Crippen LogP contribution is -2.13. The Morgan fingerprint density at radius 1 is 1.12 bits per heavy atom. The van der Waals surface area contributed by atoms with Gasteiger partial charge in [0.1, 0.15) is 5.75 Å². The van der Waals surface area contributed by atoms with E-state index in [2.05, 4.69) is 0 Å². The van der Waals surface area contributed by atoms with Crippen LogP contribution in [0.4, 0.5) is 5.69 Å². The van der Waals surface area contributed by atoms with Gasteiger partial charge in [-0.15, -0.1) is 0 Å². The molecule has 1 aromatic carbocycles. The van der Waals surface area contributed by atoms with Gasteiger partial charge >= 0.3 is 0 Å². The van der Waals surface area contributed by atoms with Crippen LogP contribution in [0.1, 0.15) is 50.2 Å². The first-order valence-electron chi connectivity index (χ1n) is 6.45. The summed E-state index contributed by atoms with van der Waals surface area (Å²) in [5.41, 5.74) is 7.11. The van der Waals surface area contributed by atoms with E-state index in [0.29, 0.717) is 11.3 Å². The van der Waals surface area contributed by atoms with Gasteiger partial charge in [0, 0.05) is 11.3 Å². The van der Waals surface area contributed by atoms with Gasteiger partial charge < -0.3 is 15.9 Å². The minimum Gasteiger partial charge on any atom is -0.508 e. The monoisotopic (exact) mass is 235 g/mol. The zero-order valence-corrected chi connectivity index (χ0v) is 10.1. The Morgan fingerprint density at radius 2 is 1.76 bits per heavy atom. The van der Waals surface area contributed by atoms with Gasteiger partial charge in [-0.1, -0.05) is 25.7 Å². The molecule has 4 N–H and O–H groups in total. The third kappa shape index (κ3) is 2.91. The van der Waals surface area contributed by atoms with Crippen LogP contribution in [0.3, 0.4) is 0 Å². The number of aliphatic hydroxyl groups excluding tert-OH is 1. The molecule has 0 bridgehead atoms. The highest BCUT2D eigenvalue weighted by Crippen LogP contribution is 2.36. The van der Waals surface area contributed by atoms with E-state index in [1.54, 1.807) is 18.2 Å². The number of aromatic hydroxyl groups is 1. The fraction of sp³-hybridized carbons (Fsp3) is 0.571. The summed E-state index contributed by atoms with van der Waals surface area (Å²) in [5, 5.41) is 19.9. The maximum Gasteiger partial charge on any atom is 0.116 e. The van der Waals surface area contributed by atoms with E-state index in [0.717, 1.165) is 12.8 Å². The molecular formula is C14H21NO2. The average molecular weight is 235 g/mol. The molecule has 1 fully saturated rings. The number of aliphatic hydroxyl groups is 1. The van der Waals surface area contributed by atoms with Crippen LogP contribution in [-0.2, 0) is 0 Å². The highest BCUT2D eigenvalue weighted by atomic mass is 16.3. The van der Waals surface area contributed by atoms with E-state index in [9.17, 15) is 10.2 Å². The Labute approximate surface area is 102 Å². The summed E-state index contributed by atoms with van der Waals surface area (Å²) < 4.78 is 0. The Hall–Kier alpha value is -1.22. The maximum absolute atomic E-state index is 10.4. The highest BCUT2D eigenvalue weighted by Gasteiger charge is 2.23. The number of anilines is 1. The second-order valence-electron chi connectivity index (χ2n) is 5.01. The molecule has 3 heteroatoms. The molecule has 0 aromatic heterocycles. The first-order valence-corrected chi connectivity index (χ1v) is 6.45. The quantitative estimate of drug-likeness (QED) is 0.419. The van der Waals surface area contributed by atoms with Crippen molar-refractivity contribution >= 4 is 5.69 Å². The van der Waals surface area contributed by atoms with Crippen LogP contribution in [0.15, 0.2) is 18.2 Å². The normalized spacial score (nSPS) is 19.8. The molecule has 1 unspecified atom stereocenters. The van der Waals surface area contributed by atoms with Gasteiger partial charge in [0.05, 0.1) is 6.10 Å². The minimum absolute atomic E-state index is 0.168. The van der Waals surface area contributed by atoms with E-state index in [1.807, 2.05) is 0 Å². The predicted molar refractivity (Wildman–Crippen MR) is 68.7 cm³/mol. The standard InChI is InChI=1S/C14H21NO2/c15-13-8-7-11(16)9-12(13)14(17)10-5-3-1-2-4-6-10/h7-10,14,16-17H,1-6,15H2. The first-order chi connectivity index (χ1) is 8.18. The highest BCUT2D eigenvalue weighted by molar-refractivity contribution is 5.51. The third-order valence-electron chi connectivity index (χ3n) is 3.74. The molecule has 0 aliphatic heterocycles. The molecule has 1 aliphatic carbocycles. The molecule has 0 heterocycles. The van der Waals surface area contributed by atoms with Gasteiger partial charge in [-0.25, -0.2) is 0 Å². The van der Waals surface area contributed by atoms with Crippen LogP contribution in [-0.4, -0.2) is 10.2 Å². The fourth-order valence-corrected chi connectivity index (χ4v) is 2.70. The number of benzene rings is 1. The zero-order chi connectivity index (χ0) is 12.3. The van der Waals surface area contributed by atoms with Gasteiger partial charge in [-0.05, 0) is 37.0 Å². The third-order valence-corrected chi connectivity index (χ3v) is 3.74. The van der Waals surface area contributed by atoms with Crippen LogP contribution in [0, 0.1) is 5.92 Å². The Kier molecular flexibility index (Phi) is 3.89. The van der Waals surface area contributed by atoms with Crippen molar-refractivity contribution in [1.82, 2.24) is 0 Å². The van der Waals surface area contributed by atoms with Crippen molar-refractivity contribution in [2.45, 2.75) is 44.6 Å². The van der Waals surface area contributed by atoms with Crippen molar-refractivity contribution in [3.05, 3.63) is 23.8 Å². The molecule has 0 saturated heterocycles. The second kappa shape index (κ2) is 5.41. The van der Waals surface area contributed by atoms with E-state index in [-0.39, 0.29) is 11.7 Å². The Balaban J connectivity index is 2.16. The number of hydrogen-bond acceptors (Lipinski definition) is 3. The smallest absolute Gasteiger partial charge is 0.116 e. The van der Waals surface area contributed by atoms with Gasteiger partial charge in [0.15, 0.2) is 0 Å². The van der Waals surface area contributed by atoms with Crippen LogP contribution in [0.5, 0.6) is 5.75 Å². The lowest BCUT2D eigenvalue weighted by Gasteiger charge is -2.22. The number of nitrogens with two attached hydrogens (primary N) is 1. The summed E-state index contributed by atoms with van der Waals surface area (Å²) in [6.45, 7) is 0. The van der Waals surface area contributed by atoms with Gasteiger partial charge in [0.25, 0.3) is 0 Å². The van der Waals surface area contributed by atoms with Crippen LogP contribution in [0.25, 0.3) is 0 Å². The van der Waals surface area contributed by atoms with Crippen LogP contribution in [0.2, 0.25) is 0 Å². The number of nitrogen functional groups attached to an aromatic ring is 1. The molecule has 1 aliphatic rings. The molecule has 0 spiro atoms. The zero-order valence-electron chi connectivity index (χ0n) is 10.1. The molecule has 3 nitrogen and oxygen atoms in total. The molecule has 2 rings (SSSR count). The molecule has 1 atom stereocenters. The van der Waals surface area contributed by atoms with Gasteiger partial charge in [-0.2, -0.15) is 0 Å². The van der Waals surface area contributed by atoms with Crippen molar-refractivity contribution in [1.29, 1.82) is 0 Å². The lowest BCUT2D eigenvalue weighted by atomic mass is 9.88. The van der Waals surface area contributed by atoms with E-state index < -0.39 is 6.10 Å². The number of phenolic OH excluding ortho intramolecular Hbond substituents is 1. The summed E-state index contributed by atoms with van der Waals surface area (Å²) >= 11 is 0. The van der Waals surface area contributed by atoms with Crippen molar-refractivity contribution < 1.29 is 10.2 Å². The van der Waals surface area contributed by atoms with Gasteiger partial charge in [-0.3, -0.25) is 0 Å².